The van der Waals surface area contributed by atoms with E-state index in [1.165, 1.54) is 17.6 Å². The highest BCUT2D eigenvalue weighted by molar-refractivity contribution is 7.88. The lowest BCUT2D eigenvalue weighted by Crippen LogP contribution is -2.59. The van der Waals surface area contributed by atoms with Gasteiger partial charge in [-0.25, -0.2) is 13.1 Å². The zero-order valence-electron chi connectivity index (χ0n) is 16.1. The minimum Gasteiger partial charge on any atom is -0.378 e. The van der Waals surface area contributed by atoms with Crippen molar-refractivity contribution in [3.8, 4) is 0 Å². The van der Waals surface area contributed by atoms with Crippen LogP contribution in [0.25, 0.3) is 0 Å². The Morgan fingerprint density at radius 2 is 1.54 bits per heavy atom. The van der Waals surface area contributed by atoms with E-state index in [0.717, 1.165) is 52.2 Å². The average molecular weight is 386 g/mol. The number of ether oxygens (including phenoxy) is 2. The summed E-state index contributed by atoms with van der Waals surface area (Å²) in [4.78, 5) is 4.83. The second-order valence-corrected chi connectivity index (χ2v) is 10.3. The van der Waals surface area contributed by atoms with Crippen molar-refractivity contribution in [2.24, 2.45) is 11.3 Å². The van der Waals surface area contributed by atoms with E-state index in [-0.39, 0.29) is 5.41 Å². The zero-order valence-corrected chi connectivity index (χ0v) is 16.9. The minimum absolute atomic E-state index is 0.155. The Bertz CT molecular complexity index is 693. The topological polar surface area (TPSA) is 71.1 Å². The molecular formula is C18H31N3O4S. The molecule has 4 aliphatic rings. The Balaban J connectivity index is 1.84. The van der Waals surface area contributed by atoms with Crippen molar-refractivity contribution in [3.63, 3.8) is 0 Å². The molecule has 2 aliphatic heterocycles. The largest absolute Gasteiger partial charge is 0.378 e. The molecule has 0 amide bonds. The predicted octanol–water partition coefficient (Wildman–Crippen LogP) is 0.600. The summed E-state index contributed by atoms with van der Waals surface area (Å²) in [7, 11) is -3.33. The fraction of sp³-hybridized carbons (Fsp3) is 0.889. The van der Waals surface area contributed by atoms with Crippen LogP contribution in [0.3, 0.4) is 0 Å². The summed E-state index contributed by atoms with van der Waals surface area (Å²) in [6, 6.07) is 0. The SMILES string of the molecule is CC1(C)[C@H]2CC[C@@]1(NS(C)(=O)=O)C(N1CCOCC1)=C2N1CCOCC1. The molecule has 2 aliphatic carbocycles. The number of rotatable bonds is 4. The first-order valence-corrected chi connectivity index (χ1v) is 11.5. The predicted molar refractivity (Wildman–Crippen MR) is 99.0 cm³/mol. The van der Waals surface area contributed by atoms with Crippen LogP contribution in [0.5, 0.6) is 0 Å². The van der Waals surface area contributed by atoms with Crippen LogP contribution in [-0.4, -0.2) is 82.6 Å². The molecule has 1 saturated carbocycles. The Kier molecular flexibility index (Phi) is 4.53. The lowest BCUT2D eigenvalue weighted by atomic mass is 9.74. The van der Waals surface area contributed by atoms with Gasteiger partial charge in [-0.2, -0.15) is 0 Å². The van der Waals surface area contributed by atoms with Crippen molar-refractivity contribution in [2.45, 2.75) is 32.2 Å². The summed E-state index contributed by atoms with van der Waals surface area (Å²) in [5.74, 6) is 0.368. The van der Waals surface area contributed by atoms with Crippen molar-refractivity contribution >= 4 is 10.0 Å². The van der Waals surface area contributed by atoms with Crippen LogP contribution in [0.15, 0.2) is 11.4 Å². The van der Waals surface area contributed by atoms with Gasteiger partial charge >= 0.3 is 0 Å². The van der Waals surface area contributed by atoms with E-state index in [9.17, 15) is 8.42 Å². The number of nitrogens with one attached hydrogen (secondary N) is 1. The smallest absolute Gasteiger partial charge is 0.209 e. The van der Waals surface area contributed by atoms with Crippen LogP contribution in [0.2, 0.25) is 0 Å². The number of nitrogens with zero attached hydrogens (tertiary/aromatic N) is 2. The van der Waals surface area contributed by atoms with Crippen LogP contribution >= 0.6 is 0 Å². The second kappa shape index (κ2) is 6.36. The van der Waals surface area contributed by atoms with Crippen LogP contribution < -0.4 is 4.72 Å². The van der Waals surface area contributed by atoms with Gasteiger partial charge in [0.05, 0.1) is 43.9 Å². The molecular weight excluding hydrogens is 354 g/mol. The van der Waals surface area contributed by atoms with Crippen molar-refractivity contribution in [1.82, 2.24) is 14.5 Å². The number of allylic oxidation sites excluding steroid dienone is 1. The number of hydrogen-bond donors (Lipinski definition) is 1. The molecule has 2 atom stereocenters. The molecule has 2 bridgehead atoms. The molecule has 148 valence electrons. The molecule has 4 rings (SSSR count). The zero-order chi connectivity index (χ0) is 18.6. The minimum atomic E-state index is -3.33. The third kappa shape index (κ3) is 2.77. The molecule has 2 saturated heterocycles. The lowest BCUT2D eigenvalue weighted by molar-refractivity contribution is 0.0345. The highest BCUT2D eigenvalue weighted by atomic mass is 32.2. The van der Waals surface area contributed by atoms with E-state index in [4.69, 9.17) is 9.47 Å². The van der Waals surface area contributed by atoms with Gasteiger partial charge in [0.15, 0.2) is 0 Å². The maximum Gasteiger partial charge on any atom is 0.209 e. The summed E-state index contributed by atoms with van der Waals surface area (Å²) < 4.78 is 39.0. The molecule has 1 N–H and O–H groups in total. The molecule has 2 heterocycles. The maximum absolute atomic E-state index is 12.4. The third-order valence-corrected chi connectivity index (χ3v) is 7.51. The number of morpholine rings is 2. The van der Waals surface area contributed by atoms with Gasteiger partial charge in [-0.15, -0.1) is 0 Å². The Labute approximate surface area is 156 Å². The van der Waals surface area contributed by atoms with Gasteiger partial charge in [0.25, 0.3) is 0 Å². The molecule has 0 radical (unpaired) electrons. The van der Waals surface area contributed by atoms with Crippen LogP contribution in [0.4, 0.5) is 0 Å². The molecule has 3 fully saturated rings. The van der Waals surface area contributed by atoms with Gasteiger partial charge in [0.2, 0.25) is 10.0 Å². The Hall–Kier alpha value is -0.830. The molecule has 7 nitrogen and oxygen atoms in total. The first kappa shape index (κ1) is 18.5. The first-order valence-electron chi connectivity index (χ1n) is 9.65. The van der Waals surface area contributed by atoms with Gasteiger partial charge in [-0.1, -0.05) is 13.8 Å². The molecule has 0 spiro atoms. The van der Waals surface area contributed by atoms with Gasteiger partial charge in [0, 0.05) is 37.8 Å². The van der Waals surface area contributed by atoms with E-state index in [1.54, 1.807) is 0 Å². The maximum atomic E-state index is 12.4. The van der Waals surface area contributed by atoms with Crippen LogP contribution in [0.1, 0.15) is 26.7 Å². The average Bonchev–Trinajstić information content (AvgIpc) is 2.94. The summed E-state index contributed by atoms with van der Waals surface area (Å²) in [6.07, 6.45) is 3.17. The van der Waals surface area contributed by atoms with Crippen molar-refractivity contribution in [3.05, 3.63) is 11.4 Å². The summed E-state index contributed by atoms with van der Waals surface area (Å²) in [5.41, 5.74) is 1.87. The van der Waals surface area contributed by atoms with E-state index >= 15 is 0 Å². The fourth-order valence-electron chi connectivity index (χ4n) is 5.57. The lowest BCUT2D eigenvalue weighted by Gasteiger charge is -2.46. The van der Waals surface area contributed by atoms with Crippen LogP contribution in [0, 0.1) is 11.3 Å². The standard InChI is InChI=1S/C18H31N3O4S/c1-17(2)14-4-5-18(17,19-26(3,22)23)16(21-8-12-25-13-9-21)15(14)20-6-10-24-11-7-20/h14,19H,4-13H2,1-3H3/t14-,18+/m0/s1. The number of hydrogen-bond acceptors (Lipinski definition) is 6. The Morgan fingerprint density at radius 1 is 1.00 bits per heavy atom. The molecule has 0 aromatic carbocycles. The highest BCUT2D eigenvalue weighted by Gasteiger charge is 2.66. The molecule has 0 unspecified atom stereocenters. The van der Waals surface area contributed by atoms with Crippen molar-refractivity contribution < 1.29 is 17.9 Å². The third-order valence-electron chi connectivity index (χ3n) is 6.79. The fourth-order valence-corrected chi connectivity index (χ4v) is 6.66. The normalized spacial score (nSPS) is 34.7. The summed E-state index contributed by atoms with van der Waals surface area (Å²) in [5, 5.41) is 0. The molecule has 0 aromatic rings. The van der Waals surface area contributed by atoms with E-state index in [0.29, 0.717) is 19.1 Å². The molecule has 26 heavy (non-hydrogen) atoms. The Morgan fingerprint density at radius 3 is 2.08 bits per heavy atom. The van der Waals surface area contributed by atoms with Gasteiger partial charge in [-0.3, -0.25) is 0 Å². The second-order valence-electron chi connectivity index (χ2n) is 8.53. The first-order chi connectivity index (χ1) is 12.3. The van der Waals surface area contributed by atoms with E-state index in [2.05, 4.69) is 28.4 Å². The number of fused-ring (bicyclic) bond motifs is 2. The van der Waals surface area contributed by atoms with E-state index < -0.39 is 15.6 Å². The van der Waals surface area contributed by atoms with Gasteiger partial charge in [0.1, 0.15) is 0 Å². The quantitative estimate of drug-likeness (QED) is 0.764. The highest BCUT2D eigenvalue weighted by Crippen LogP contribution is 2.64. The van der Waals surface area contributed by atoms with Crippen molar-refractivity contribution in [2.75, 3.05) is 58.9 Å². The van der Waals surface area contributed by atoms with Gasteiger partial charge in [-0.05, 0) is 18.3 Å². The van der Waals surface area contributed by atoms with Crippen molar-refractivity contribution in [1.29, 1.82) is 0 Å². The van der Waals surface area contributed by atoms with E-state index in [1.807, 2.05) is 0 Å². The monoisotopic (exact) mass is 385 g/mol. The van der Waals surface area contributed by atoms with Crippen LogP contribution in [-0.2, 0) is 19.5 Å². The number of sulfonamides is 1. The molecule has 8 heteroatoms. The van der Waals surface area contributed by atoms with Gasteiger partial charge < -0.3 is 19.3 Å². The summed E-state index contributed by atoms with van der Waals surface area (Å²) >= 11 is 0. The summed E-state index contributed by atoms with van der Waals surface area (Å²) in [6.45, 7) is 10.7. The molecule has 0 aromatic heterocycles.